The second-order valence-electron chi connectivity index (χ2n) is 13.0. The van der Waals surface area contributed by atoms with E-state index < -0.39 is 5.91 Å². The summed E-state index contributed by atoms with van der Waals surface area (Å²) in [6.07, 6.45) is 18.2. The molecule has 50 heavy (non-hydrogen) atoms. The third-order valence-electron chi connectivity index (χ3n) is 8.65. The molecule has 3 aromatic rings. The molecule has 0 spiro atoms. The van der Waals surface area contributed by atoms with Gasteiger partial charge in [-0.1, -0.05) is 125 Å². The van der Waals surface area contributed by atoms with Crippen molar-refractivity contribution in [3.63, 3.8) is 0 Å². The fraction of sp³-hybridized carbons (Fsp3) is 0.450. The SMILES string of the molecule is CCCCCCCCCCCCCCCc1cccc(OCC(=O)Nc2cccc(C(=O)NC3=NN(c4c(Cl)cc(C)cc4Cl)C(=O)C3)c2)c1. The number of halogens is 2. The topological polar surface area (TPSA) is 100 Å². The molecule has 0 aliphatic carbocycles. The van der Waals surface area contributed by atoms with Gasteiger partial charge in [0.2, 0.25) is 0 Å². The fourth-order valence-electron chi connectivity index (χ4n) is 5.99. The molecule has 3 amide bonds. The van der Waals surface area contributed by atoms with E-state index in [1.54, 1.807) is 36.4 Å². The number of nitrogens with zero attached hydrogens (tertiary/aromatic N) is 2. The summed E-state index contributed by atoms with van der Waals surface area (Å²) in [7, 11) is 0. The second kappa shape index (κ2) is 20.7. The Morgan fingerprint density at radius 3 is 2.08 bits per heavy atom. The van der Waals surface area contributed by atoms with E-state index >= 15 is 0 Å². The first-order valence-corrected chi connectivity index (χ1v) is 18.8. The molecule has 1 aliphatic rings. The van der Waals surface area contributed by atoms with Crippen LogP contribution >= 0.6 is 23.2 Å². The number of amides is 3. The van der Waals surface area contributed by atoms with Crippen LogP contribution in [0.3, 0.4) is 0 Å². The number of unbranched alkanes of at least 4 members (excludes halogenated alkanes) is 12. The highest BCUT2D eigenvalue weighted by atomic mass is 35.5. The lowest BCUT2D eigenvalue weighted by atomic mass is 10.0. The lowest BCUT2D eigenvalue weighted by Crippen LogP contribution is -2.29. The maximum absolute atomic E-state index is 13.0. The van der Waals surface area contributed by atoms with Crippen molar-refractivity contribution in [1.82, 2.24) is 5.32 Å². The van der Waals surface area contributed by atoms with E-state index in [1.165, 1.54) is 82.6 Å². The third kappa shape index (κ3) is 12.8. The zero-order chi connectivity index (χ0) is 35.7. The number of benzene rings is 3. The van der Waals surface area contributed by atoms with Gasteiger partial charge in [0.15, 0.2) is 6.61 Å². The number of ether oxygens (including phenoxy) is 1. The lowest BCUT2D eigenvalue weighted by Gasteiger charge is -2.15. The van der Waals surface area contributed by atoms with Gasteiger partial charge in [0, 0.05) is 11.3 Å². The van der Waals surface area contributed by atoms with Crippen molar-refractivity contribution in [2.45, 2.75) is 110 Å². The van der Waals surface area contributed by atoms with Crippen molar-refractivity contribution in [3.8, 4) is 5.75 Å². The number of nitrogens with one attached hydrogen (secondary N) is 2. The van der Waals surface area contributed by atoms with E-state index in [9.17, 15) is 14.4 Å². The van der Waals surface area contributed by atoms with Crippen LogP contribution in [0.25, 0.3) is 0 Å². The van der Waals surface area contributed by atoms with E-state index in [1.807, 2.05) is 25.1 Å². The first kappa shape index (κ1) is 38.9. The standard InChI is InChI=1S/C40H50Cl2N4O4/c1-3-4-5-6-7-8-9-10-11-12-13-14-15-18-30-19-16-22-33(25-30)50-28-37(47)43-32-21-17-20-31(26-32)40(49)44-36-27-38(48)46(45-36)39-34(41)23-29(2)24-35(39)42/h16-17,19-26H,3-15,18,27-28H2,1-2H3,(H,43,47)(H,44,45,49). The van der Waals surface area contributed by atoms with Crippen LogP contribution in [0.5, 0.6) is 5.75 Å². The van der Waals surface area contributed by atoms with Crippen molar-refractivity contribution in [2.24, 2.45) is 5.10 Å². The number of amidine groups is 1. The lowest BCUT2D eigenvalue weighted by molar-refractivity contribution is -0.118. The van der Waals surface area contributed by atoms with E-state index in [2.05, 4.69) is 28.7 Å². The van der Waals surface area contributed by atoms with Gasteiger partial charge in [-0.05, 0) is 73.4 Å². The molecular weight excluding hydrogens is 671 g/mol. The van der Waals surface area contributed by atoms with Gasteiger partial charge >= 0.3 is 0 Å². The van der Waals surface area contributed by atoms with Gasteiger partial charge in [0.1, 0.15) is 17.3 Å². The van der Waals surface area contributed by atoms with E-state index in [4.69, 9.17) is 27.9 Å². The zero-order valence-corrected chi connectivity index (χ0v) is 30.9. The van der Waals surface area contributed by atoms with Crippen LogP contribution in [0, 0.1) is 6.92 Å². The highest BCUT2D eigenvalue weighted by Gasteiger charge is 2.30. The smallest absolute Gasteiger partial charge is 0.262 e. The molecule has 0 bridgehead atoms. The average molecular weight is 722 g/mol. The third-order valence-corrected chi connectivity index (χ3v) is 9.23. The monoisotopic (exact) mass is 720 g/mol. The fourth-order valence-corrected chi connectivity index (χ4v) is 6.75. The van der Waals surface area contributed by atoms with Gasteiger partial charge in [0.25, 0.3) is 17.7 Å². The Balaban J connectivity index is 1.15. The summed E-state index contributed by atoms with van der Waals surface area (Å²) in [6.45, 7) is 3.94. The first-order valence-electron chi connectivity index (χ1n) is 18.0. The molecule has 0 saturated heterocycles. The van der Waals surface area contributed by atoms with Crippen molar-refractivity contribution in [3.05, 3.63) is 87.4 Å². The Bertz CT molecular complexity index is 1600. The molecular formula is C40H50Cl2N4O4. The summed E-state index contributed by atoms with van der Waals surface area (Å²) in [4.78, 5) is 38.4. The molecule has 0 saturated carbocycles. The molecule has 0 unspecified atom stereocenters. The molecule has 8 nitrogen and oxygen atoms in total. The van der Waals surface area contributed by atoms with Crippen LogP contribution in [0.15, 0.2) is 65.8 Å². The van der Waals surface area contributed by atoms with Gasteiger partial charge in [-0.15, -0.1) is 0 Å². The Morgan fingerprint density at radius 1 is 0.800 bits per heavy atom. The number of hydrazone groups is 1. The van der Waals surface area contributed by atoms with Crippen molar-refractivity contribution in [2.75, 3.05) is 16.9 Å². The summed E-state index contributed by atoms with van der Waals surface area (Å²) in [5.74, 6) is -0.398. The highest BCUT2D eigenvalue weighted by molar-refractivity contribution is 6.40. The Hall–Kier alpha value is -3.88. The van der Waals surface area contributed by atoms with Crippen LogP contribution in [0.1, 0.15) is 118 Å². The zero-order valence-electron chi connectivity index (χ0n) is 29.4. The minimum absolute atomic E-state index is 0.124. The van der Waals surface area contributed by atoms with Crippen LogP contribution in [0.4, 0.5) is 11.4 Å². The Labute approximate surface area is 306 Å². The first-order chi connectivity index (χ1) is 24.2. The molecule has 2 N–H and O–H groups in total. The van der Waals surface area contributed by atoms with Crippen LogP contribution < -0.4 is 20.4 Å². The van der Waals surface area contributed by atoms with Crippen molar-refractivity contribution < 1.29 is 19.1 Å². The summed E-state index contributed by atoms with van der Waals surface area (Å²) in [6, 6.07) is 17.8. The predicted molar refractivity (Wildman–Crippen MR) is 205 cm³/mol. The summed E-state index contributed by atoms with van der Waals surface area (Å²) in [5.41, 5.74) is 3.03. The molecule has 0 radical (unpaired) electrons. The number of carbonyl (C=O) groups is 3. The number of rotatable bonds is 20. The number of aryl methyl sites for hydroxylation is 2. The number of hydrogen-bond donors (Lipinski definition) is 2. The van der Waals surface area contributed by atoms with E-state index in [-0.39, 0.29) is 52.0 Å². The molecule has 4 rings (SSSR count). The average Bonchev–Trinajstić information content (AvgIpc) is 3.44. The van der Waals surface area contributed by atoms with Gasteiger partial charge in [-0.3, -0.25) is 14.4 Å². The summed E-state index contributed by atoms with van der Waals surface area (Å²) in [5, 5.41) is 11.4. The normalized spacial score (nSPS) is 12.6. The predicted octanol–water partition coefficient (Wildman–Crippen LogP) is 10.4. The van der Waals surface area contributed by atoms with Gasteiger partial charge < -0.3 is 15.4 Å². The summed E-state index contributed by atoms with van der Waals surface area (Å²) >= 11 is 12.7. The van der Waals surface area contributed by atoms with E-state index in [0.717, 1.165) is 23.4 Å². The molecule has 10 heteroatoms. The largest absolute Gasteiger partial charge is 0.484 e. The van der Waals surface area contributed by atoms with Crippen LogP contribution in [-0.2, 0) is 16.0 Å². The molecule has 1 aliphatic heterocycles. The molecule has 0 aromatic heterocycles. The van der Waals surface area contributed by atoms with Crippen LogP contribution in [0.2, 0.25) is 10.0 Å². The van der Waals surface area contributed by atoms with Gasteiger partial charge in [-0.2, -0.15) is 10.1 Å². The van der Waals surface area contributed by atoms with E-state index in [0.29, 0.717) is 11.4 Å². The molecule has 3 aromatic carbocycles. The second-order valence-corrected chi connectivity index (χ2v) is 13.8. The maximum Gasteiger partial charge on any atom is 0.262 e. The molecule has 0 atom stereocenters. The molecule has 1 heterocycles. The van der Waals surface area contributed by atoms with Crippen molar-refractivity contribution >= 4 is 58.1 Å². The maximum atomic E-state index is 13.0. The highest BCUT2D eigenvalue weighted by Crippen LogP contribution is 2.37. The Kier molecular flexibility index (Phi) is 16.1. The number of carbonyl (C=O) groups excluding carboxylic acids is 3. The van der Waals surface area contributed by atoms with Gasteiger partial charge in [0.05, 0.1) is 16.5 Å². The minimum Gasteiger partial charge on any atom is -0.484 e. The van der Waals surface area contributed by atoms with Crippen molar-refractivity contribution in [1.29, 1.82) is 0 Å². The quantitative estimate of drug-likeness (QED) is 0.113. The minimum atomic E-state index is -0.479. The van der Waals surface area contributed by atoms with Gasteiger partial charge in [-0.25, -0.2) is 0 Å². The molecule has 268 valence electrons. The summed E-state index contributed by atoms with van der Waals surface area (Å²) < 4.78 is 5.78. The number of anilines is 2. The number of hydrogen-bond acceptors (Lipinski definition) is 5. The van der Waals surface area contributed by atoms with Crippen LogP contribution in [-0.4, -0.2) is 30.2 Å². The Morgan fingerprint density at radius 2 is 1.42 bits per heavy atom. The molecule has 0 fully saturated rings.